The van der Waals surface area contributed by atoms with Crippen LogP contribution in [0.1, 0.15) is 22.2 Å². The Labute approximate surface area is 131 Å². The minimum Gasteiger partial charge on any atom is -0.448 e. The summed E-state index contributed by atoms with van der Waals surface area (Å²) in [4.78, 5) is 24.1. The quantitative estimate of drug-likeness (QED) is 0.859. The number of nitrogens with one attached hydrogen (secondary N) is 1. The summed E-state index contributed by atoms with van der Waals surface area (Å²) in [6.45, 7) is 1.93. The molecule has 6 heteroatoms. The molecule has 0 fully saturated rings. The van der Waals surface area contributed by atoms with E-state index in [4.69, 9.17) is 16.3 Å². The molecule has 0 aliphatic rings. The molecule has 1 heterocycles. The predicted octanol–water partition coefficient (Wildman–Crippen LogP) is 3.26. The lowest BCUT2D eigenvalue weighted by Gasteiger charge is -2.12. The highest BCUT2D eigenvalue weighted by atomic mass is 35.5. The van der Waals surface area contributed by atoms with E-state index in [0.717, 1.165) is 16.9 Å². The van der Waals surface area contributed by atoms with Gasteiger partial charge >= 0.3 is 5.97 Å². The van der Waals surface area contributed by atoms with Crippen molar-refractivity contribution in [1.29, 1.82) is 0 Å². The van der Waals surface area contributed by atoms with Gasteiger partial charge < -0.3 is 10.1 Å². The fourth-order valence-electron chi connectivity index (χ4n) is 1.62. The Morgan fingerprint density at radius 3 is 2.57 bits per heavy atom. The van der Waals surface area contributed by atoms with E-state index < -0.39 is 12.1 Å². The van der Waals surface area contributed by atoms with Gasteiger partial charge in [0.1, 0.15) is 4.88 Å². The van der Waals surface area contributed by atoms with Crippen LogP contribution in [0, 0.1) is 0 Å². The molecule has 0 radical (unpaired) electrons. The molecule has 2 aromatic rings. The monoisotopic (exact) mass is 323 g/mol. The van der Waals surface area contributed by atoms with Crippen LogP contribution in [0.25, 0.3) is 0 Å². The van der Waals surface area contributed by atoms with Gasteiger partial charge in [0.25, 0.3) is 5.91 Å². The van der Waals surface area contributed by atoms with Crippen molar-refractivity contribution in [3.8, 4) is 0 Å². The van der Waals surface area contributed by atoms with Crippen LogP contribution in [0.5, 0.6) is 0 Å². The number of rotatable bonds is 5. The van der Waals surface area contributed by atoms with Crippen LogP contribution in [0.3, 0.4) is 0 Å². The van der Waals surface area contributed by atoms with E-state index >= 15 is 0 Å². The van der Waals surface area contributed by atoms with Crippen molar-refractivity contribution in [2.45, 2.75) is 19.6 Å². The maximum absolute atomic E-state index is 11.9. The van der Waals surface area contributed by atoms with Crippen LogP contribution < -0.4 is 5.32 Å². The highest BCUT2D eigenvalue weighted by molar-refractivity contribution is 7.17. The third kappa shape index (κ3) is 4.58. The van der Waals surface area contributed by atoms with Crippen LogP contribution in [0.2, 0.25) is 4.34 Å². The van der Waals surface area contributed by atoms with E-state index in [1.165, 1.54) is 6.92 Å². The molecular weight excluding hydrogens is 310 g/mol. The summed E-state index contributed by atoms with van der Waals surface area (Å²) in [5, 5.41) is 2.72. The standard InChI is InChI=1S/C15H14ClNO3S/c1-10(20-15(19)12-7-8-13(16)21-12)14(18)17-9-11-5-3-2-4-6-11/h2-8,10H,9H2,1H3,(H,17,18)/t10-/m0/s1. The lowest BCUT2D eigenvalue weighted by Crippen LogP contribution is -2.35. The Balaban J connectivity index is 1.83. The van der Waals surface area contributed by atoms with Gasteiger partial charge in [-0.15, -0.1) is 11.3 Å². The molecule has 1 aromatic heterocycles. The molecule has 0 aliphatic heterocycles. The summed E-state index contributed by atoms with van der Waals surface area (Å²) < 4.78 is 5.60. The second-order valence-electron chi connectivity index (χ2n) is 4.35. The highest BCUT2D eigenvalue weighted by Gasteiger charge is 2.19. The van der Waals surface area contributed by atoms with Gasteiger partial charge in [-0.3, -0.25) is 4.79 Å². The van der Waals surface area contributed by atoms with Crippen LogP contribution in [0.4, 0.5) is 0 Å². The molecule has 1 N–H and O–H groups in total. The summed E-state index contributed by atoms with van der Waals surface area (Å²) >= 11 is 6.87. The normalized spacial score (nSPS) is 11.7. The van der Waals surface area contributed by atoms with Crippen molar-refractivity contribution in [3.63, 3.8) is 0 Å². The third-order valence-corrected chi connectivity index (χ3v) is 3.95. The Bertz CT molecular complexity index is 627. The number of benzene rings is 1. The van der Waals surface area contributed by atoms with Crippen molar-refractivity contribution >= 4 is 34.8 Å². The number of halogens is 1. The predicted molar refractivity (Wildman–Crippen MR) is 82.5 cm³/mol. The van der Waals surface area contributed by atoms with Gasteiger partial charge in [0.15, 0.2) is 6.10 Å². The minimum absolute atomic E-state index is 0.338. The fourth-order valence-corrected chi connectivity index (χ4v) is 2.55. The number of hydrogen-bond donors (Lipinski definition) is 1. The maximum atomic E-state index is 11.9. The summed E-state index contributed by atoms with van der Waals surface area (Å²) in [6, 6.07) is 12.7. The summed E-state index contributed by atoms with van der Waals surface area (Å²) in [5.41, 5.74) is 0.981. The van der Waals surface area contributed by atoms with Crippen molar-refractivity contribution < 1.29 is 14.3 Å². The number of amides is 1. The van der Waals surface area contributed by atoms with E-state index in [2.05, 4.69) is 5.32 Å². The Morgan fingerprint density at radius 1 is 1.24 bits per heavy atom. The van der Waals surface area contributed by atoms with E-state index in [9.17, 15) is 9.59 Å². The minimum atomic E-state index is -0.859. The van der Waals surface area contributed by atoms with Gasteiger partial charge in [-0.2, -0.15) is 0 Å². The average Bonchev–Trinajstić information content (AvgIpc) is 2.92. The Morgan fingerprint density at radius 2 is 1.95 bits per heavy atom. The molecule has 2 rings (SSSR count). The first-order chi connectivity index (χ1) is 10.1. The first-order valence-electron chi connectivity index (χ1n) is 6.34. The Hall–Kier alpha value is -1.85. The molecule has 0 unspecified atom stereocenters. The second-order valence-corrected chi connectivity index (χ2v) is 6.07. The number of thiophene rings is 1. The topological polar surface area (TPSA) is 55.4 Å². The third-order valence-electron chi connectivity index (χ3n) is 2.74. The molecule has 110 valence electrons. The molecule has 0 bridgehead atoms. The second kappa shape index (κ2) is 7.24. The first kappa shape index (κ1) is 15.5. The van der Waals surface area contributed by atoms with Crippen LogP contribution in [-0.4, -0.2) is 18.0 Å². The smallest absolute Gasteiger partial charge is 0.349 e. The van der Waals surface area contributed by atoms with Crippen molar-refractivity contribution in [3.05, 3.63) is 57.2 Å². The number of carbonyl (C=O) groups excluding carboxylic acids is 2. The zero-order chi connectivity index (χ0) is 15.2. The van der Waals surface area contributed by atoms with Crippen LogP contribution in [0.15, 0.2) is 42.5 Å². The molecule has 0 saturated carbocycles. The fraction of sp³-hybridized carbons (Fsp3) is 0.200. The number of hydrogen-bond acceptors (Lipinski definition) is 4. The molecular formula is C15H14ClNO3S. The molecule has 1 atom stereocenters. The molecule has 0 aliphatic carbocycles. The zero-order valence-electron chi connectivity index (χ0n) is 11.3. The molecule has 0 spiro atoms. The van der Waals surface area contributed by atoms with Gasteiger partial charge in [-0.25, -0.2) is 4.79 Å². The first-order valence-corrected chi connectivity index (χ1v) is 7.53. The number of esters is 1. The van der Waals surface area contributed by atoms with E-state index in [1.54, 1.807) is 12.1 Å². The van der Waals surface area contributed by atoms with Crippen LogP contribution in [-0.2, 0) is 16.1 Å². The number of carbonyl (C=O) groups is 2. The summed E-state index contributed by atoms with van der Waals surface area (Å²) in [7, 11) is 0. The lowest BCUT2D eigenvalue weighted by molar-refractivity contribution is -0.129. The van der Waals surface area contributed by atoms with Gasteiger partial charge in [-0.1, -0.05) is 41.9 Å². The molecule has 1 aromatic carbocycles. The van der Waals surface area contributed by atoms with E-state index in [-0.39, 0.29) is 5.91 Å². The van der Waals surface area contributed by atoms with Crippen molar-refractivity contribution in [1.82, 2.24) is 5.32 Å². The molecule has 4 nitrogen and oxygen atoms in total. The van der Waals surface area contributed by atoms with Crippen molar-refractivity contribution in [2.75, 3.05) is 0 Å². The maximum Gasteiger partial charge on any atom is 0.349 e. The van der Waals surface area contributed by atoms with Gasteiger partial charge in [0, 0.05) is 6.54 Å². The summed E-state index contributed by atoms with van der Waals surface area (Å²) in [5.74, 6) is -0.885. The Kier molecular flexibility index (Phi) is 5.36. The van der Waals surface area contributed by atoms with E-state index in [0.29, 0.717) is 15.8 Å². The average molecular weight is 324 g/mol. The van der Waals surface area contributed by atoms with E-state index in [1.807, 2.05) is 30.3 Å². The molecule has 0 saturated heterocycles. The lowest BCUT2D eigenvalue weighted by atomic mass is 10.2. The molecule has 1 amide bonds. The summed E-state index contributed by atoms with van der Waals surface area (Å²) in [6.07, 6.45) is -0.859. The van der Waals surface area contributed by atoms with Gasteiger partial charge in [-0.05, 0) is 24.6 Å². The van der Waals surface area contributed by atoms with Crippen molar-refractivity contribution in [2.24, 2.45) is 0 Å². The molecule has 21 heavy (non-hydrogen) atoms. The largest absolute Gasteiger partial charge is 0.448 e. The van der Waals surface area contributed by atoms with Gasteiger partial charge in [0.2, 0.25) is 0 Å². The SMILES string of the molecule is C[C@H](OC(=O)c1ccc(Cl)s1)C(=O)NCc1ccccc1. The van der Waals surface area contributed by atoms with Crippen LogP contribution >= 0.6 is 22.9 Å². The number of ether oxygens (including phenoxy) is 1. The van der Waals surface area contributed by atoms with Gasteiger partial charge in [0.05, 0.1) is 4.34 Å². The zero-order valence-corrected chi connectivity index (χ0v) is 12.9. The highest BCUT2D eigenvalue weighted by Crippen LogP contribution is 2.22.